The van der Waals surface area contributed by atoms with E-state index in [4.69, 9.17) is 13.3 Å². The second-order valence-corrected chi connectivity index (χ2v) is 26.9. The van der Waals surface area contributed by atoms with Gasteiger partial charge in [-0.15, -0.1) is 0 Å². The molecule has 7 heteroatoms. The average Bonchev–Trinajstić information content (AvgIpc) is 2.67. The van der Waals surface area contributed by atoms with E-state index in [9.17, 15) is 4.79 Å². The van der Waals surface area contributed by atoms with Crippen LogP contribution < -0.4 is 0 Å². The molecule has 3 atom stereocenters. The Kier molecular flexibility index (Phi) is 12.7. The van der Waals surface area contributed by atoms with Gasteiger partial charge >= 0.3 is 0 Å². The normalized spacial score (nSPS) is 17.3. The van der Waals surface area contributed by atoms with E-state index in [0.717, 1.165) is 24.4 Å². The number of carbonyl (C=O) groups excluding carboxylic acids is 1. The predicted octanol–water partition coefficient (Wildman–Crippen LogP) is 8.32. The van der Waals surface area contributed by atoms with Gasteiger partial charge in [-0.25, -0.2) is 0 Å². The van der Waals surface area contributed by atoms with Gasteiger partial charge in [0, 0.05) is 6.42 Å². The average molecular weight is 517 g/mol. The van der Waals surface area contributed by atoms with Crippen LogP contribution in [0.15, 0.2) is 12.2 Å². The summed E-state index contributed by atoms with van der Waals surface area (Å²) in [6.45, 7) is 31.7. The molecule has 0 aromatic rings. The maximum atomic E-state index is 11.2. The van der Waals surface area contributed by atoms with Crippen LogP contribution in [0.3, 0.4) is 0 Å². The molecule has 0 unspecified atom stereocenters. The van der Waals surface area contributed by atoms with Gasteiger partial charge in [0.1, 0.15) is 6.29 Å². The molecule has 0 saturated carbocycles. The lowest BCUT2D eigenvalue weighted by Gasteiger charge is -2.44. The summed E-state index contributed by atoms with van der Waals surface area (Å²) in [5.41, 5.74) is 0. The predicted molar refractivity (Wildman–Crippen MR) is 152 cm³/mol. The molecule has 0 N–H and O–H groups in total. The molecular weight excluding hydrogens is 461 g/mol. The fourth-order valence-corrected chi connectivity index (χ4v) is 9.14. The Morgan fingerprint density at radius 3 is 1.55 bits per heavy atom. The summed E-state index contributed by atoms with van der Waals surface area (Å²) in [7, 11) is -5.84. The Morgan fingerprint density at radius 2 is 1.18 bits per heavy atom. The van der Waals surface area contributed by atoms with Crippen LogP contribution in [0, 0.1) is 0 Å². The maximum Gasteiger partial charge on any atom is 0.192 e. The highest BCUT2D eigenvalue weighted by Gasteiger charge is 2.43. The first-order chi connectivity index (χ1) is 14.8. The summed E-state index contributed by atoms with van der Waals surface area (Å²) in [4.78, 5) is 11.2. The van der Waals surface area contributed by atoms with Crippen LogP contribution >= 0.6 is 0 Å². The van der Waals surface area contributed by atoms with Crippen molar-refractivity contribution in [3.05, 3.63) is 12.2 Å². The van der Waals surface area contributed by atoms with E-state index in [-0.39, 0.29) is 28.4 Å². The fourth-order valence-electron chi connectivity index (χ4n) is 3.49. The van der Waals surface area contributed by atoms with Crippen LogP contribution in [0.4, 0.5) is 0 Å². The first kappa shape index (κ1) is 32.9. The second-order valence-electron chi connectivity index (χ2n) is 12.7. The summed E-state index contributed by atoms with van der Waals surface area (Å²) in [5, 5.41) is 0.226. The summed E-state index contributed by atoms with van der Waals surface area (Å²) < 4.78 is 20.7. The summed E-state index contributed by atoms with van der Waals surface area (Å²) in [6, 6.07) is 3.30. The number of aldehydes is 1. The molecule has 0 aromatic heterocycles. The summed E-state index contributed by atoms with van der Waals surface area (Å²) in [5.74, 6) is 0. The van der Waals surface area contributed by atoms with Gasteiger partial charge in [0.25, 0.3) is 0 Å². The van der Waals surface area contributed by atoms with Crippen molar-refractivity contribution in [3.8, 4) is 0 Å². The third-order valence-corrected chi connectivity index (χ3v) is 22.0. The van der Waals surface area contributed by atoms with E-state index >= 15 is 0 Å². The van der Waals surface area contributed by atoms with Crippen molar-refractivity contribution in [1.82, 2.24) is 0 Å². The molecule has 0 spiro atoms. The molecule has 0 aromatic carbocycles. The quantitative estimate of drug-likeness (QED) is 0.132. The summed E-state index contributed by atoms with van der Waals surface area (Å²) in [6.07, 6.45) is 4.81. The Hall–Kier alpha value is -0.0594. The lowest BCUT2D eigenvalue weighted by Crippen LogP contribution is -2.51. The fraction of sp³-hybridized carbons (Fsp3) is 0.885. The van der Waals surface area contributed by atoms with Crippen LogP contribution in [0.2, 0.25) is 54.4 Å². The lowest BCUT2D eigenvalue weighted by molar-refractivity contribution is -0.104. The molecule has 0 radical (unpaired) electrons. The topological polar surface area (TPSA) is 44.8 Å². The zero-order chi connectivity index (χ0) is 26.3. The van der Waals surface area contributed by atoms with E-state index < -0.39 is 25.0 Å². The molecule has 196 valence electrons. The molecule has 33 heavy (non-hydrogen) atoms. The maximum absolute atomic E-state index is 11.2. The molecule has 4 nitrogen and oxygen atoms in total. The van der Waals surface area contributed by atoms with E-state index in [0.29, 0.717) is 6.42 Å². The molecule has 0 aliphatic heterocycles. The van der Waals surface area contributed by atoms with Gasteiger partial charge < -0.3 is 13.3 Å². The van der Waals surface area contributed by atoms with Crippen molar-refractivity contribution >= 4 is 31.2 Å². The lowest BCUT2D eigenvalue weighted by atomic mass is 10.1. The van der Waals surface area contributed by atoms with Gasteiger partial charge in [-0.2, -0.15) is 0 Å². The number of rotatable bonds is 14. The SMILES string of the molecule is CC[Si](CC)(CC)O[C@H](C[C@@H](/C=C\C=O)O[Si](C)(C)C(C)(C)C)[C@H](C)O[Si](C)(C)C(C)(C)C. The molecule has 0 fully saturated rings. The van der Waals surface area contributed by atoms with E-state index in [2.05, 4.69) is 95.4 Å². The highest BCUT2D eigenvalue weighted by Crippen LogP contribution is 2.40. The van der Waals surface area contributed by atoms with Crippen LogP contribution in [-0.4, -0.2) is 49.6 Å². The standard InChI is InChI=1S/C26H56O4Si3/c1-15-33(16-2,17-3)30-24(22(4)28-31(11,12)25(5,6)7)21-23(19-18-20-27)29-32(13,14)26(8,9)10/h18-20,22-24H,15-17,21H2,1-14H3/b19-18-/t22-,23+,24+/m0/s1. The molecular formula is C26H56O4Si3. The minimum Gasteiger partial charge on any atom is -0.412 e. The first-order valence-electron chi connectivity index (χ1n) is 13.0. The first-order valence-corrected chi connectivity index (χ1v) is 21.3. The van der Waals surface area contributed by atoms with Crippen LogP contribution in [0.5, 0.6) is 0 Å². The molecule has 0 rings (SSSR count). The van der Waals surface area contributed by atoms with Gasteiger partial charge in [-0.1, -0.05) is 68.4 Å². The van der Waals surface area contributed by atoms with E-state index in [1.807, 2.05) is 6.08 Å². The Morgan fingerprint density at radius 1 is 0.758 bits per heavy atom. The highest BCUT2D eigenvalue weighted by molar-refractivity contribution is 6.75. The van der Waals surface area contributed by atoms with Crippen molar-refractivity contribution < 1.29 is 18.1 Å². The Bertz CT molecular complexity index is 606. The van der Waals surface area contributed by atoms with Gasteiger partial charge in [-0.05, 0) is 67.4 Å². The molecule has 0 bridgehead atoms. The molecule has 0 amide bonds. The Labute approximate surface area is 209 Å². The largest absolute Gasteiger partial charge is 0.412 e. The van der Waals surface area contributed by atoms with E-state index in [1.54, 1.807) is 6.08 Å². The Balaban J connectivity index is 6.15. The van der Waals surface area contributed by atoms with Crippen molar-refractivity contribution in [2.24, 2.45) is 0 Å². The van der Waals surface area contributed by atoms with Gasteiger partial charge in [-0.3, -0.25) is 4.79 Å². The smallest absolute Gasteiger partial charge is 0.192 e. The molecule has 0 saturated heterocycles. The third kappa shape index (κ3) is 9.84. The zero-order valence-electron chi connectivity index (χ0n) is 24.4. The van der Waals surface area contributed by atoms with Crippen molar-refractivity contribution in [1.29, 1.82) is 0 Å². The van der Waals surface area contributed by atoms with Crippen LogP contribution in [0.1, 0.15) is 75.7 Å². The molecule has 0 heterocycles. The van der Waals surface area contributed by atoms with Gasteiger partial charge in [0.15, 0.2) is 25.0 Å². The van der Waals surface area contributed by atoms with Crippen molar-refractivity contribution in [3.63, 3.8) is 0 Å². The van der Waals surface area contributed by atoms with Crippen LogP contribution in [-0.2, 0) is 18.1 Å². The number of allylic oxidation sites excluding steroid dienone is 1. The summed E-state index contributed by atoms with van der Waals surface area (Å²) >= 11 is 0. The number of hydrogen-bond acceptors (Lipinski definition) is 4. The zero-order valence-corrected chi connectivity index (χ0v) is 27.4. The van der Waals surface area contributed by atoms with Gasteiger partial charge in [0.05, 0.1) is 18.3 Å². The minimum atomic E-state index is -2.02. The highest BCUT2D eigenvalue weighted by atomic mass is 28.4. The second kappa shape index (κ2) is 12.8. The van der Waals surface area contributed by atoms with Crippen molar-refractivity contribution in [2.45, 2.75) is 148 Å². The third-order valence-electron chi connectivity index (χ3n) is 8.27. The minimum absolute atomic E-state index is 0.0300. The van der Waals surface area contributed by atoms with E-state index in [1.165, 1.54) is 0 Å². The van der Waals surface area contributed by atoms with Crippen LogP contribution in [0.25, 0.3) is 0 Å². The molecule has 0 aliphatic rings. The number of carbonyl (C=O) groups is 1. The number of hydrogen-bond donors (Lipinski definition) is 0. The molecule has 0 aliphatic carbocycles. The monoisotopic (exact) mass is 516 g/mol. The van der Waals surface area contributed by atoms with Gasteiger partial charge in [0.2, 0.25) is 0 Å². The van der Waals surface area contributed by atoms with Crippen molar-refractivity contribution in [2.75, 3.05) is 0 Å².